The van der Waals surface area contributed by atoms with Crippen LogP contribution in [-0.2, 0) is 4.79 Å². The summed E-state index contributed by atoms with van der Waals surface area (Å²) in [5, 5.41) is 10.2. The molecule has 0 aromatic carbocycles. The van der Waals surface area contributed by atoms with Crippen LogP contribution in [0, 0.1) is 17.8 Å². The molecule has 2 aliphatic rings. The Labute approximate surface area is 103 Å². The smallest absolute Gasteiger partial charge is 0.164 e. The highest BCUT2D eigenvalue weighted by molar-refractivity contribution is 5.87. The van der Waals surface area contributed by atoms with Gasteiger partial charge in [0.2, 0.25) is 0 Å². The molecular weight excluding hydrogens is 212 g/mol. The lowest BCUT2D eigenvalue weighted by Gasteiger charge is -2.41. The zero-order valence-electron chi connectivity index (χ0n) is 11.0. The third-order valence-corrected chi connectivity index (χ3v) is 4.41. The Hall–Kier alpha value is -0.890. The van der Waals surface area contributed by atoms with Crippen molar-refractivity contribution in [3.05, 3.63) is 23.3 Å². The Morgan fingerprint density at radius 3 is 2.65 bits per heavy atom. The van der Waals surface area contributed by atoms with E-state index < -0.39 is 6.10 Å². The van der Waals surface area contributed by atoms with Crippen LogP contribution in [0.4, 0.5) is 0 Å². The molecule has 94 valence electrons. The molecule has 0 unspecified atom stereocenters. The summed E-state index contributed by atoms with van der Waals surface area (Å²) in [5.74, 6) is 0.420. The summed E-state index contributed by atoms with van der Waals surface area (Å²) < 4.78 is 0. The second-order valence-electron chi connectivity index (χ2n) is 5.78. The van der Waals surface area contributed by atoms with Crippen LogP contribution in [0.15, 0.2) is 23.3 Å². The normalized spacial score (nSPS) is 38.0. The minimum Gasteiger partial charge on any atom is -0.385 e. The van der Waals surface area contributed by atoms with E-state index >= 15 is 0 Å². The molecule has 0 bridgehead atoms. The fourth-order valence-corrected chi connectivity index (χ4v) is 3.40. The Morgan fingerprint density at radius 2 is 2.06 bits per heavy atom. The van der Waals surface area contributed by atoms with Crippen LogP contribution in [0.25, 0.3) is 0 Å². The van der Waals surface area contributed by atoms with Gasteiger partial charge in [-0.15, -0.1) is 0 Å². The van der Waals surface area contributed by atoms with Crippen LogP contribution < -0.4 is 0 Å². The molecule has 0 saturated heterocycles. The van der Waals surface area contributed by atoms with Crippen molar-refractivity contribution in [1.82, 2.24) is 0 Å². The highest BCUT2D eigenvalue weighted by Gasteiger charge is 2.43. The lowest BCUT2D eigenvalue weighted by Crippen LogP contribution is -2.44. The fourth-order valence-electron chi connectivity index (χ4n) is 3.40. The summed E-state index contributed by atoms with van der Waals surface area (Å²) in [4.78, 5) is 11.9. The van der Waals surface area contributed by atoms with E-state index in [0.717, 1.165) is 24.8 Å². The number of aliphatic hydroxyl groups is 1. The maximum absolute atomic E-state index is 11.9. The minimum absolute atomic E-state index is 0.0218. The van der Waals surface area contributed by atoms with Gasteiger partial charge in [-0.05, 0) is 37.7 Å². The van der Waals surface area contributed by atoms with Crippen LogP contribution >= 0.6 is 0 Å². The molecule has 0 aromatic heterocycles. The molecule has 0 aliphatic heterocycles. The SMILES string of the molecule is C=C(C)C1=C2C[C@@H](C)C(=O)[C@@H](O)[C@H]2[C@H](C)CC1. The number of hydrogen-bond acceptors (Lipinski definition) is 2. The third-order valence-electron chi connectivity index (χ3n) is 4.41. The Bertz CT molecular complexity index is 392. The van der Waals surface area contributed by atoms with Gasteiger partial charge in [-0.2, -0.15) is 0 Å². The van der Waals surface area contributed by atoms with Gasteiger partial charge in [-0.3, -0.25) is 4.79 Å². The molecule has 17 heavy (non-hydrogen) atoms. The number of ketones is 1. The topological polar surface area (TPSA) is 37.3 Å². The van der Waals surface area contributed by atoms with E-state index in [2.05, 4.69) is 13.5 Å². The van der Waals surface area contributed by atoms with Gasteiger partial charge < -0.3 is 5.11 Å². The number of fused-ring (bicyclic) bond motifs is 1. The van der Waals surface area contributed by atoms with E-state index in [9.17, 15) is 9.90 Å². The van der Waals surface area contributed by atoms with E-state index in [4.69, 9.17) is 0 Å². The van der Waals surface area contributed by atoms with Gasteiger partial charge in [-0.25, -0.2) is 0 Å². The molecule has 1 saturated carbocycles. The summed E-state index contributed by atoms with van der Waals surface area (Å²) in [7, 11) is 0. The first-order valence-corrected chi connectivity index (χ1v) is 6.53. The maximum atomic E-state index is 11.9. The molecule has 1 N–H and O–H groups in total. The zero-order chi connectivity index (χ0) is 12.7. The first kappa shape index (κ1) is 12.6. The molecule has 0 heterocycles. The number of carbonyl (C=O) groups excluding carboxylic acids is 1. The zero-order valence-corrected chi connectivity index (χ0v) is 11.0. The van der Waals surface area contributed by atoms with Crippen molar-refractivity contribution in [3.63, 3.8) is 0 Å². The lowest BCUT2D eigenvalue weighted by molar-refractivity contribution is -0.136. The van der Waals surface area contributed by atoms with E-state index in [1.54, 1.807) is 0 Å². The number of Topliss-reactive ketones (excluding diaryl/α,β-unsaturated/α-hetero) is 1. The first-order chi connectivity index (χ1) is 7.93. The first-order valence-electron chi connectivity index (χ1n) is 6.53. The Morgan fingerprint density at radius 1 is 1.41 bits per heavy atom. The van der Waals surface area contributed by atoms with Gasteiger partial charge in [0.15, 0.2) is 5.78 Å². The fraction of sp³-hybridized carbons (Fsp3) is 0.667. The minimum atomic E-state index is -0.793. The summed E-state index contributed by atoms with van der Waals surface area (Å²) >= 11 is 0. The Balaban J connectivity index is 2.46. The number of rotatable bonds is 1. The van der Waals surface area contributed by atoms with Crippen molar-refractivity contribution in [1.29, 1.82) is 0 Å². The molecule has 0 radical (unpaired) electrons. The summed E-state index contributed by atoms with van der Waals surface area (Å²) in [5.41, 5.74) is 3.72. The second kappa shape index (κ2) is 4.41. The highest BCUT2D eigenvalue weighted by atomic mass is 16.3. The van der Waals surface area contributed by atoms with Crippen LogP contribution in [0.1, 0.15) is 40.0 Å². The monoisotopic (exact) mass is 234 g/mol. The van der Waals surface area contributed by atoms with Crippen molar-refractivity contribution in [2.75, 3.05) is 0 Å². The predicted molar refractivity (Wildman–Crippen MR) is 68.5 cm³/mol. The van der Waals surface area contributed by atoms with Gasteiger partial charge in [0.1, 0.15) is 6.10 Å². The van der Waals surface area contributed by atoms with Crippen LogP contribution in [0.3, 0.4) is 0 Å². The summed E-state index contributed by atoms with van der Waals surface area (Å²) in [6.07, 6.45) is 2.12. The average molecular weight is 234 g/mol. The van der Waals surface area contributed by atoms with Crippen molar-refractivity contribution < 1.29 is 9.90 Å². The third kappa shape index (κ3) is 1.99. The maximum Gasteiger partial charge on any atom is 0.164 e. The number of aliphatic hydroxyl groups excluding tert-OH is 1. The lowest BCUT2D eigenvalue weighted by atomic mass is 9.64. The van der Waals surface area contributed by atoms with Gasteiger partial charge >= 0.3 is 0 Å². The summed E-state index contributed by atoms with van der Waals surface area (Å²) in [6, 6.07) is 0. The van der Waals surface area contributed by atoms with Gasteiger partial charge in [0.25, 0.3) is 0 Å². The van der Waals surface area contributed by atoms with Crippen molar-refractivity contribution in [2.45, 2.75) is 46.1 Å². The standard InChI is InChI=1S/C15H22O2/c1-8(2)11-6-5-9(3)13-12(11)7-10(4)14(16)15(13)17/h9-10,13,15,17H,1,5-7H2,2-4H3/t9-,10-,13+,15+/m1/s1. The molecule has 2 heteroatoms. The number of carbonyl (C=O) groups is 1. The molecule has 0 spiro atoms. The molecule has 0 amide bonds. The van der Waals surface area contributed by atoms with Crippen LogP contribution in [0.2, 0.25) is 0 Å². The van der Waals surface area contributed by atoms with E-state index in [1.165, 1.54) is 11.1 Å². The molecule has 1 fully saturated rings. The molecule has 2 nitrogen and oxygen atoms in total. The highest BCUT2D eigenvalue weighted by Crippen LogP contribution is 2.45. The quantitative estimate of drug-likeness (QED) is 0.757. The predicted octanol–water partition coefficient (Wildman–Crippen LogP) is 2.88. The van der Waals surface area contributed by atoms with Gasteiger partial charge in [0, 0.05) is 11.8 Å². The van der Waals surface area contributed by atoms with E-state index in [1.807, 2.05) is 13.8 Å². The molecular formula is C15H22O2. The van der Waals surface area contributed by atoms with Gasteiger partial charge in [0.05, 0.1) is 0 Å². The van der Waals surface area contributed by atoms with Crippen molar-refractivity contribution in [3.8, 4) is 0 Å². The second-order valence-corrected chi connectivity index (χ2v) is 5.78. The number of allylic oxidation sites excluding steroid dienone is 2. The molecule has 0 aromatic rings. The van der Waals surface area contributed by atoms with E-state index in [0.29, 0.717) is 5.92 Å². The van der Waals surface area contributed by atoms with Crippen LogP contribution in [0.5, 0.6) is 0 Å². The summed E-state index contributed by atoms with van der Waals surface area (Å²) in [6.45, 7) is 10.1. The van der Waals surface area contributed by atoms with E-state index in [-0.39, 0.29) is 17.6 Å². The largest absolute Gasteiger partial charge is 0.385 e. The van der Waals surface area contributed by atoms with Crippen molar-refractivity contribution in [2.24, 2.45) is 17.8 Å². The average Bonchev–Trinajstić information content (AvgIpc) is 2.25. The van der Waals surface area contributed by atoms with Gasteiger partial charge in [-0.1, -0.05) is 31.6 Å². The molecule has 2 aliphatic carbocycles. The van der Waals surface area contributed by atoms with Crippen molar-refractivity contribution >= 4 is 5.78 Å². The van der Waals surface area contributed by atoms with Crippen LogP contribution in [-0.4, -0.2) is 17.0 Å². The molecule has 4 atom stereocenters. The Kier molecular flexibility index (Phi) is 3.26. The number of hydrogen-bond donors (Lipinski definition) is 1. The molecule has 2 rings (SSSR count).